The lowest BCUT2D eigenvalue weighted by Gasteiger charge is -2.34. The average Bonchev–Trinajstić information content (AvgIpc) is 3.01. The molecule has 26 heavy (non-hydrogen) atoms. The maximum Gasteiger partial charge on any atom is 0.155 e. The Labute approximate surface area is 153 Å². The maximum atomic E-state index is 13.2. The number of hydrogen-bond donors (Lipinski definition) is 1. The molecule has 0 amide bonds. The summed E-state index contributed by atoms with van der Waals surface area (Å²) in [6, 6.07) is 12.6. The van der Waals surface area contributed by atoms with Crippen LogP contribution in [0.2, 0.25) is 0 Å². The molecular formula is C21H22FNO2S. The first-order valence-corrected chi connectivity index (χ1v) is 10.5. The van der Waals surface area contributed by atoms with Crippen LogP contribution >= 0.6 is 0 Å². The van der Waals surface area contributed by atoms with Crippen molar-refractivity contribution in [3.8, 4) is 11.1 Å². The van der Waals surface area contributed by atoms with Crippen LogP contribution in [-0.4, -0.2) is 23.9 Å². The van der Waals surface area contributed by atoms with E-state index < -0.39 is 14.6 Å². The van der Waals surface area contributed by atoms with Gasteiger partial charge in [0.15, 0.2) is 9.84 Å². The number of aromatic nitrogens is 1. The van der Waals surface area contributed by atoms with Crippen molar-refractivity contribution in [1.29, 1.82) is 0 Å². The van der Waals surface area contributed by atoms with Crippen molar-refractivity contribution in [3.05, 3.63) is 60.0 Å². The molecule has 0 saturated carbocycles. The second-order valence-corrected chi connectivity index (χ2v) is 10.5. The highest BCUT2D eigenvalue weighted by molar-refractivity contribution is 7.92. The lowest BCUT2D eigenvalue weighted by Crippen LogP contribution is -2.40. The molecule has 1 aliphatic heterocycles. The van der Waals surface area contributed by atoms with Gasteiger partial charge in [-0.25, -0.2) is 12.8 Å². The molecule has 5 heteroatoms. The van der Waals surface area contributed by atoms with Crippen LogP contribution in [0.4, 0.5) is 4.39 Å². The summed E-state index contributed by atoms with van der Waals surface area (Å²) in [5.74, 6) is 0.197. The van der Waals surface area contributed by atoms with Gasteiger partial charge in [0.1, 0.15) is 5.82 Å². The second-order valence-electron chi connectivity index (χ2n) is 7.78. The minimum Gasteiger partial charge on any atom is -0.361 e. The minimum atomic E-state index is -3.04. The Morgan fingerprint density at radius 1 is 1.08 bits per heavy atom. The summed E-state index contributed by atoms with van der Waals surface area (Å²) in [5, 5.41) is 1.12. The quantitative estimate of drug-likeness (QED) is 0.686. The van der Waals surface area contributed by atoms with Crippen LogP contribution in [0.3, 0.4) is 0 Å². The summed E-state index contributed by atoms with van der Waals surface area (Å²) < 4.78 is 37.1. The number of hydrogen-bond acceptors (Lipinski definition) is 2. The number of rotatable bonds is 2. The fraction of sp³-hybridized carbons (Fsp3) is 0.333. The molecule has 1 atom stereocenters. The molecule has 3 aromatic rings. The van der Waals surface area contributed by atoms with Crippen molar-refractivity contribution in [2.75, 3.05) is 5.75 Å². The summed E-state index contributed by atoms with van der Waals surface area (Å²) in [7, 11) is -3.04. The Morgan fingerprint density at radius 2 is 1.77 bits per heavy atom. The molecule has 1 aromatic heterocycles. The van der Waals surface area contributed by atoms with Gasteiger partial charge in [-0.2, -0.15) is 0 Å². The monoisotopic (exact) mass is 371 g/mol. The lowest BCUT2D eigenvalue weighted by molar-refractivity contribution is 0.451. The zero-order valence-corrected chi connectivity index (χ0v) is 15.7. The Morgan fingerprint density at radius 3 is 2.46 bits per heavy atom. The summed E-state index contributed by atoms with van der Waals surface area (Å²) >= 11 is 0. The molecular weight excluding hydrogens is 349 g/mol. The molecule has 0 bridgehead atoms. The molecule has 3 nitrogen and oxygen atoms in total. The van der Waals surface area contributed by atoms with Gasteiger partial charge in [0.05, 0.1) is 10.5 Å². The zero-order chi connectivity index (χ0) is 18.5. The Bertz CT molecular complexity index is 1070. The first-order valence-electron chi connectivity index (χ1n) is 8.86. The van der Waals surface area contributed by atoms with E-state index in [-0.39, 0.29) is 17.5 Å². The van der Waals surface area contributed by atoms with Crippen molar-refractivity contribution in [2.24, 2.45) is 0 Å². The number of fused-ring (bicyclic) bond motifs is 1. The van der Waals surface area contributed by atoms with Gasteiger partial charge in [-0.3, -0.25) is 0 Å². The number of aromatic amines is 1. The summed E-state index contributed by atoms with van der Waals surface area (Å²) in [6.07, 6.45) is 3.29. The largest absolute Gasteiger partial charge is 0.361 e. The average molecular weight is 371 g/mol. The number of sulfone groups is 1. The molecule has 136 valence electrons. The van der Waals surface area contributed by atoms with Gasteiger partial charge in [0.2, 0.25) is 0 Å². The third kappa shape index (κ3) is 2.84. The van der Waals surface area contributed by atoms with E-state index in [0.29, 0.717) is 12.8 Å². The van der Waals surface area contributed by atoms with E-state index in [1.54, 1.807) is 12.1 Å². The highest BCUT2D eigenvalue weighted by Gasteiger charge is 2.41. The molecule has 0 aliphatic carbocycles. The molecule has 1 fully saturated rings. The van der Waals surface area contributed by atoms with E-state index in [1.165, 1.54) is 17.7 Å². The highest BCUT2D eigenvalue weighted by Crippen LogP contribution is 2.42. The summed E-state index contributed by atoms with van der Waals surface area (Å²) in [4.78, 5) is 3.31. The summed E-state index contributed by atoms with van der Waals surface area (Å²) in [6.45, 7) is 3.65. The SMILES string of the molecule is CC1(C)C[C@@H](c2c[nH]c3ccc(-c4ccc(F)cc4)cc23)CCS1(=O)=O. The number of H-pyrrole nitrogens is 1. The van der Waals surface area contributed by atoms with Crippen molar-refractivity contribution in [3.63, 3.8) is 0 Å². The van der Waals surface area contributed by atoms with Crippen LogP contribution in [0.25, 0.3) is 22.0 Å². The van der Waals surface area contributed by atoms with Crippen LogP contribution in [-0.2, 0) is 9.84 Å². The predicted octanol–water partition coefficient (Wildman–Crippen LogP) is 5.04. The van der Waals surface area contributed by atoms with Gasteiger partial charge in [-0.05, 0) is 73.6 Å². The summed E-state index contributed by atoms with van der Waals surface area (Å²) in [5.41, 5.74) is 4.21. The van der Waals surface area contributed by atoms with Crippen molar-refractivity contribution in [1.82, 2.24) is 4.98 Å². The Hall–Kier alpha value is -2.14. The van der Waals surface area contributed by atoms with E-state index in [1.807, 2.05) is 32.2 Å². The zero-order valence-electron chi connectivity index (χ0n) is 14.9. The molecule has 0 unspecified atom stereocenters. The standard InChI is InChI=1S/C21H22FNO2S/c1-21(2)12-16(9-10-26(21,24)25)19-13-23-20-8-5-15(11-18(19)20)14-3-6-17(22)7-4-14/h3-8,11,13,16,23H,9-10,12H2,1-2H3/t16-/m0/s1. The van der Waals surface area contributed by atoms with Gasteiger partial charge in [0.25, 0.3) is 0 Å². The molecule has 0 spiro atoms. The topological polar surface area (TPSA) is 49.9 Å². The van der Waals surface area contributed by atoms with E-state index in [4.69, 9.17) is 0 Å². The van der Waals surface area contributed by atoms with E-state index in [9.17, 15) is 12.8 Å². The first-order chi connectivity index (χ1) is 12.3. The van der Waals surface area contributed by atoms with E-state index in [0.717, 1.165) is 22.0 Å². The van der Waals surface area contributed by atoms with Crippen LogP contribution in [0.1, 0.15) is 38.2 Å². The number of benzene rings is 2. The normalized spacial score (nSPS) is 21.7. The molecule has 1 N–H and O–H groups in total. The third-order valence-electron chi connectivity index (χ3n) is 5.65. The molecule has 2 aromatic carbocycles. The van der Waals surface area contributed by atoms with Gasteiger partial charge >= 0.3 is 0 Å². The van der Waals surface area contributed by atoms with Crippen LogP contribution < -0.4 is 0 Å². The van der Waals surface area contributed by atoms with Crippen LogP contribution in [0.5, 0.6) is 0 Å². The van der Waals surface area contributed by atoms with Crippen molar-refractivity contribution >= 4 is 20.7 Å². The van der Waals surface area contributed by atoms with Crippen molar-refractivity contribution in [2.45, 2.75) is 37.4 Å². The van der Waals surface area contributed by atoms with Crippen LogP contribution in [0.15, 0.2) is 48.7 Å². The van der Waals surface area contributed by atoms with E-state index in [2.05, 4.69) is 11.1 Å². The Balaban J connectivity index is 1.75. The molecule has 4 rings (SSSR count). The Kier molecular flexibility index (Phi) is 3.95. The molecule has 1 aliphatic rings. The number of halogens is 1. The van der Waals surface area contributed by atoms with Crippen molar-refractivity contribution < 1.29 is 12.8 Å². The van der Waals surface area contributed by atoms with Gasteiger partial charge in [0, 0.05) is 17.1 Å². The smallest absolute Gasteiger partial charge is 0.155 e. The predicted molar refractivity (Wildman–Crippen MR) is 104 cm³/mol. The second kappa shape index (κ2) is 5.95. The highest BCUT2D eigenvalue weighted by atomic mass is 32.2. The minimum absolute atomic E-state index is 0.214. The number of nitrogens with one attached hydrogen (secondary N) is 1. The lowest BCUT2D eigenvalue weighted by atomic mass is 9.86. The van der Waals surface area contributed by atoms with Gasteiger partial charge < -0.3 is 4.98 Å². The van der Waals surface area contributed by atoms with E-state index >= 15 is 0 Å². The van der Waals surface area contributed by atoms with Gasteiger partial charge in [-0.1, -0.05) is 18.2 Å². The molecule has 2 heterocycles. The van der Waals surface area contributed by atoms with Crippen LogP contribution in [0, 0.1) is 5.82 Å². The third-order valence-corrected chi connectivity index (χ3v) is 8.27. The van der Waals surface area contributed by atoms with Gasteiger partial charge in [-0.15, -0.1) is 0 Å². The fourth-order valence-electron chi connectivity index (χ4n) is 3.96. The molecule has 1 saturated heterocycles. The molecule has 0 radical (unpaired) electrons. The first kappa shape index (κ1) is 17.3. The fourth-order valence-corrected chi connectivity index (χ4v) is 5.57. The maximum absolute atomic E-state index is 13.2.